The molecule has 0 radical (unpaired) electrons. The van der Waals surface area contributed by atoms with Gasteiger partial charge in [-0.2, -0.15) is 11.8 Å². The van der Waals surface area contributed by atoms with E-state index >= 15 is 0 Å². The third kappa shape index (κ3) is 3.25. The zero-order valence-corrected chi connectivity index (χ0v) is 15.9. The standard InChI is InChI=1S/C18H27N3OS2/c1-23-3-2-14(19)17-20-15(10-24-17)16(22)21-18-7-11-4-12(8-18)6-13(5-11)9-18/h10-14H,2-9,19H2,1H3,(H,21,22). The number of hydrogen-bond acceptors (Lipinski definition) is 5. The van der Waals surface area contributed by atoms with Crippen LogP contribution in [0.2, 0.25) is 0 Å². The molecule has 4 aliphatic carbocycles. The van der Waals surface area contributed by atoms with Gasteiger partial charge in [-0.25, -0.2) is 4.98 Å². The van der Waals surface area contributed by atoms with Gasteiger partial charge in [-0.3, -0.25) is 4.79 Å². The van der Waals surface area contributed by atoms with Gasteiger partial charge in [-0.15, -0.1) is 11.3 Å². The molecule has 1 aromatic rings. The van der Waals surface area contributed by atoms with E-state index in [-0.39, 0.29) is 17.5 Å². The maximum Gasteiger partial charge on any atom is 0.271 e. The van der Waals surface area contributed by atoms with Crippen molar-refractivity contribution in [3.05, 3.63) is 16.1 Å². The van der Waals surface area contributed by atoms with E-state index in [0.29, 0.717) is 5.69 Å². The number of thioether (sulfide) groups is 1. The summed E-state index contributed by atoms with van der Waals surface area (Å²) in [5, 5.41) is 6.16. The first-order chi connectivity index (χ1) is 11.6. The highest BCUT2D eigenvalue weighted by atomic mass is 32.2. The lowest BCUT2D eigenvalue weighted by Gasteiger charge is -2.56. The summed E-state index contributed by atoms with van der Waals surface area (Å²) >= 11 is 3.31. The zero-order valence-electron chi connectivity index (χ0n) is 14.3. The second-order valence-electron chi connectivity index (χ2n) is 8.11. The molecule has 1 unspecified atom stereocenters. The smallest absolute Gasteiger partial charge is 0.271 e. The van der Waals surface area contributed by atoms with Crippen LogP contribution in [0.25, 0.3) is 0 Å². The maximum atomic E-state index is 12.8. The number of carbonyl (C=O) groups is 1. The van der Waals surface area contributed by atoms with E-state index < -0.39 is 0 Å². The number of carbonyl (C=O) groups excluding carboxylic acids is 1. The number of nitrogens with one attached hydrogen (secondary N) is 1. The van der Waals surface area contributed by atoms with Gasteiger partial charge in [-0.1, -0.05) is 0 Å². The van der Waals surface area contributed by atoms with Crippen LogP contribution >= 0.6 is 23.1 Å². The average molecular weight is 366 g/mol. The van der Waals surface area contributed by atoms with Crippen LogP contribution in [0.5, 0.6) is 0 Å². The molecule has 3 N–H and O–H groups in total. The molecule has 6 heteroatoms. The fourth-order valence-electron chi connectivity index (χ4n) is 5.50. The van der Waals surface area contributed by atoms with Crippen LogP contribution < -0.4 is 11.1 Å². The normalized spacial score (nSPS) is 35.2. The number of thiazole rings is 1. The first kappa shape index (κ1) is 16.9. The highest BCUT2D eigenvalue weighted by Crippen LogP contribution is 2.55. The Bertz CT molecular complexity index is 580. The molecule has 4 bridgehead atoms. The Morgan fingerprint density at radius 2 is 2.00 bits per heavy atom. The number of hydrogen-bond donors (Lipinski definition) is 2. The van der Waals surface area contributed by atoms with Gasteiger partial charge in [0.15, 0.2) is 0 Å². The predicted octanol–water partition coefficient (Wildman–Crippen LogP) is 3.59. The van der Waals surface area contributed by atoms with E-state index in [2.05, 4.69) is 16.6 Å². The molecule has 4 nitrogen and oxygen atoms in total. The van der Waals surface area contributed by atoms with E-state index in [0.717, 1.165) is 34.9 Å². The number of nitrogens with zero attached hydrogens (tertiary/aromatic N) is 1. The molecular weight excluding hydrogens is 338 g/mol. The van der Waals surface area contributed by atoms with Crippen LogP contribution in [-0.4, -0.2) is 28.4 Å². The molecule has 24 heavy (non-hydrogen) atoms. The van der Waals surface area contributed by atoms with Crippen LogP contribution in [0.1, 0.15) is 66.5 Å². The van der Waals surface area contributed by atoms with Gasteiger partial charge in [0.05, 0.1) is 6.04 Å². The minimum absolute atomic E-state index is 0.0107. The Kier molecular flexibility index (Phi) is 4.65. The Hall–Kier alpha value is -0.590. The molecule has 4 fully saturated rings. The lowest BCUT2D eigenvalue weighted by atomic mass is 9.53. The number of rotatable bonds is 6. The first-order valence-electron chi connectivity index (χ1n) is 9.09. The van der Waals surface area contributed by atoms with E-state index in [4.69, 9.17) is 5.73 Å². The van der Waals surface area contributed by atoms with Gasteiger partial charge in [-0.05, 0) is 74.7 Å². The summed E-state index contributed by atoms with van der Waals surface area (Å²) in [7, 11) is 0. The van der Waals surface area contributed by atoms with E-state index in [1.807, 2.05) is 5.38 Å². The molecule has 1 atom stereocenters. The Morgan fingerprint density at radius 1 is 1.38 bits per heavy atom. The van der Waals surface area contributed by atoms with Crippen molar-refractivity contribution in [2.75, 3.05) is 12.0 Å². The zero-order chi connectivity index (χ0) is 16.7. The van der Waals surface area contributed by atoms with Crippen molar-refractivity contribution in [3.8, 4) is 0 Å². The minimum Gasteiger partial charge on any atom is -0.345 e. The van der Waals surface area contributed by atoms with E-state index in [1.165, 1.54) is 49.9 Å². The minimum atomic E-state index is -0.0523. The molecule has 4 saturated carbocycles. The topological polar surface area (TPSA) is 68.0 Å². The molecule has 5 rings (SSSR count). The molecule has 0 spiro atoms. The van der Waals surface area contributed by atoms with Crippen LogP contribution in [0, 0.1) is 17.8 Å². The van der Waals surface area contributed by atoms with Gasteiger partial charge < -0.3 is 11.1 Å². The number of amides is 1. The summed E-state index contributed by atoms with van der Waals surface area (Å²) in [6.07, 6.45) is 10.7. The van der Waals surface area contributed by atoms with Gasteiger partial charge in [0.25, 0.3) is 5.91 Å². The van der Waals surface area contributed by atoms with E-state index in [9.17, 15) is 4.79 Å². The summed E-state index contributed by atoms with van der Waals surface area (Å²) < 4.78 is 0. The fourth-order valence-corrected chi connectivity index (χ4v) is 6.82. The molecular formula is C18H27N3OS2. The van der Waals surface area contributed by atoms with Crippen molar-refractivity contribution in [1.82, 2.24) is 10.3 Å². The predicted molar refractivity (Wildman–Crippen MR) is 100 cm³/mol. The second kappa shape index (κ2) is 6.61. The third-order valence-electron chi connectivity index (χ3n) is 6.12. The second-order valence-corrected chi connectivity index (χ2v) is 9.99. The summed E-state index contributed by atoms with van der Waals surface area (Å²) in [6.45, 7) is 0. The highest BCUT2D eigenvalue weighted by Gasteiger charge is 2.51. The number of aromatic nitrogens is 1. The molecule has 132 valence electrons. The van der Waals surface area contributed by atoms with E-state index in [1.54, 1.807) is 11.8 Å². The number of nitrogens with two attached hydrogens (primary N) is 1. The van der Waals surface area contributed by atoms with Gasteiger partial charge >= 0.3 is 0 Å². The van der Waals surface area contributed by atoms with Gasteiger partial charge in [0, 0.05) is 10.9 Å². The Labute approximate surface area is 152 Å². The molecule has 0 aromatic carbocycles. The van der Waals surface area contributed by atoms with Gasteiger partial charge in [0.1, 0.15) is 10.7 Å². The molecule has 1 aromatic heterocycles. The highest BCUT2D eigenvalue weighted by molar-refractivity contribution is 7.98. The van der Waals surface area contributed by atoms with Crippen molar-refractivity contribution in [3.63, 3.8) is 0 Å². The lowest BCUT2D eigenvalue weighted by Crippen LogP contribution is -2.59. The summed E-state index contributed by atoms with van der Waals surface area (Å²) in [6, 6.07) is -0.0523. The fraction of sp³-hybridized carbons (Fsp3) is 0.778. The largest absolute Gasteiger partial charge is 0.345 e. The molecule has 0 aliphatic heterocycles. The van der Waals surface area contributed by atoms with Crippen LogP contribution in [0.3, 0.4) is 0 Å². The van der Waals surface area contributed by atoms with Gasteiger partial charge in [0.2, 0.25) is 0 Å². The average Bonchev–Trinajstić information content (AvgIpc) is 3.01. The van der Waals surface area contributed by atoms with Crippen molar-refractivity contribution in [2.45, 2.75) is 56.5 Å². The summed E-state index contributed by atoms with van der Waals surface area (Å²) in [5.41, 5.74) is 6.80. The Morgan fingerprint density at radius 3 is 2.58 bits per heavy atom. The monoisotopic (exact) mass is 365 g/mol. The molecule has 1 amide bonds. The maximum absolute atomic E-state index is 12.8. The van der Waals surface area contributed by atoms with Crippen molar-refractivity contribution >= 4 is 29.0 Å². The van der Waals surface area contributed by atoms with Crippen LogP contribution in [-0.2, 0) is 0 Å². The first-order valence-corrected chi connectivity index (χ1v) is 11.4. The third-order valence-corrected chi connectivity index (χ3v) is 7.74. The van der Waals surface area contributed by atoms with Crippen LogP contribution in [0.15, 0.2) is 5.38 Å². The lowest BCUT2D eigenvalue weighted by molar-refractivity contribution is -0.0167. The molecule has 4 aliphatic rings. The summed E-state index contributed by atoms with van der Waals surface area (Å²) in [4.78, 5) is 17.3. The quantitative estimate of drug-likeness (QED) is 0.808. The van der Waals surface area contributed by atoms with Crippen molar-refractivity contribution in [1.29, 1.82) is 0 Å². The van der Waals surface area contributed by atoms with Crippen molar-refractivity contribution < 1.29 is 4.79 Å². The SMILES string of the molecule is CSCCC(N)c1nc(C(=O)NC23CC4CC(CC(C4)C2)C3)cs1. The molecule has 1 heterocycles. The molecule has 0 saturated heterocycles. The Balaban J connectivity index is 1.42. The summed E-state index contributed by atoms with van der Waals surface area (Å²) in [5.74, 6) is 3.54. The van der Waals surface area contributed by atoms with Crippen LogP contribution in [0.4, 0.5) is 0 Å². The van der Waals surface area contributed by atoms with Crippen molar-refractivity contribution in [2.24, 2.45) is 23.5 Å².